The van der Waals surface area contributed by atoms with E-state index in [0.717, 1.165) is 19.4 Å². The van der Waals surface area contributed by atoms with Crippen molar-refractivity contribution in [1.82, 2.24) is 15.1 Å². The van der Waals surface area contributed by atoms with Crippen LogP contribution in [0.15, 0.2) is 42.7 Å². The van der Waals surface area contributed by atoms with Crippen LogP contribution in [-0.2, 0) is 13.0 Å². The third-order valence-corrected chi connectivity index (χ3v) is 3.52. The largest absolute Gasteiger partial charge is 0.313 e. The fraction of sp³-hybridized carbons (Fsp3) is 0.438. The molecule has 2 rings (SSSR count). The number of aromatic nitrogens is 2. The minimum Gasteiger partial charge on any atom is -0.313 e. The Morgan fingerprint density at radius 1 is 1.26 bits per heavy atom. The molecule has 0 fully saturated rings. The van der Waals surface area contributed by atoms with Crippen molar-refractivity contribution >= 4 is 0 Å². The summed E-state index contributed by atoms with van der Waals surface area (Å²) in [6.07, 6.45) is 7.57. The molecule has 1 unspecified atom stereocenters. The van der Waals surface area contributed by atoms with Gasteiger partial charge in [-0.2, -0.15) is 5.10 Å². The van der Waals surface area contributed by atoms with Crippen LogP contribution in [0.5, 0.6) is 0 Å². The Balaban J connectivity index is 1.83. The van der Waals surface area contributed by atoms with Crippen LogP contribution in [-0.4, -0.2) is 16.8 Å². The standard InChI is InChI=1S/C16H23N3/c1-3-19-13-14(12-18-19)8-7-11-16(17-2)15-9-5-4-6-10-15/h4-6,9-10,12-13,16-17H,3,7-8,11H2,1-2H3. The van der Waals surface area contributed by atoms with Gasteiger partial charge in [-0.15, -0.1) is 0 Å². The van der Waals surface area contributed by atoms with Gasteiger partial charge in [-0.25, -0.2) is 0 Å². The summed E-state index contributed by atoms with van der Waals surface area (Å²) in [5.74, 6) is 0. The summed E-state index contributed by atoms with van der Waals surface area (Å²) in [5, 5.41) is 7.71. The summed E-state index contributed by atoms with van der Waals surface area (Å²) in [6.45, 7) is 3.06. The van der Waals surface area contributed by atoms with Crippen molar-refractivity contribution in [3.8, 4) is 0 Å². The highest BCUT2D eigenvalue weighted by Gasteiger charge is 2.08. The smallest absolute Gasteiger partial charge is 0.0521 e. The third kappa shape index (κ3) is 3.93. The molecule has 0 amide bonds. The van der Waals surface area contributed by atoms with Crippen molar-refractivity contribution < 1.29 is 0 Å². The SMILES string of the molecule is CCn1cc(CCCC(NC)c2ccccc2)cn1. The second-order valence-corrected chi connectivity index (χ2v) is 4.85. The number of hydrogen-bond donors (Lipinski definition) is 1. The second kappa shape index (κ2) is 7.10. The highest BCUT2D eigenvalue weighted by Crippen LogP contribution is 2.18. The Kier molecular flexibility index (Phi) is 5.16. The highest BCUT2D eigenvalue weighted by atomic mass is 15.3. The molecule has 1 heterocycles. The number of benzene rings is 1. The van der Waals surface area contributed by atoms with E-state index in [1.165, 1.54) is 17.5 Å². The first-order valence-electron chi connectivity index (χ1n) is 7.07. The summed E-state index contributed by atoms with van der Waals surface area (Å²) in [4.78, 5) is 0. The summed E-state index contributed by atoms with van der Waals surface area (Å²) in [7, 11) is 2.03. The lowest BCUT2D eigenvalue weighted by molar-refractivity contribution is 0.527. The molecule has 1 aromatic heterocycles. The van der Waals surface area contributed by atoms with E-state index in [4.69, 9.17) is 0 Å². The van der Waals surface area contributed by atoms with E-state index in [9.17, 15) is 0 Å². The Morgan fingerprint density at radius 3 is 2.68 bits per heavy atom. The lowest BCUT2D eigenvalue weighted by Crippen LogP contribution is -2.16. The van der Waals surface area contributed by atoms with Crippen LogP contribution in [0.1, 0.15) is 36.9 Å². The molecule has 3 heteroatoms. The number of hydrogen-bond acceptors (Lipinski definition) is 2. The summed E-state index contributed by atoms with van der Waals surface area (Å²) < 4.78 is 1.99. The molecular weight excluding hydrogens is 234 g/mol. The van der Waals surface area contributed by atoms with Crippen LogP contribution < -0.4 is 5.32 Å². The molecule has 0 aliphatic heterocycles. The molecule has 0 aliphatic carbocycles. The molecule has 1 N–H and O–H groups in total. The molecule has 0 saturated carbocycles. The quantitative estimate of drug-likeness (QED) is 0.825. The normalized spacial score (nSPS) is 12.5. The van der Waals surface area contributed by atoms with E-state index in [2.05, 4.69) is 53.9 Å². The molecule has 0 aliphatic rings. The van der Waals surface area contributed by atoms with E-state index in [1.807, 2.05) is 17.9 Å². The van der Waals surface area contributed by atoms with Crippen LogP contribution >= 0.6 is 0 Å². The van der Waals surface area contributed by atoms with Crippen molar-refractivity contribution in [2.45, 2.75) is 38.8 Å². The fourth-order valence-electron chi connectivity index (χ4n) is 2.38. The van der Waals surface area contributed by atoms with Crippen molar-refractivity contribution in [2.24, 2.45) is 0 Å². The van der Waals surface area contributed by atoms with Gasteiger partial charge in [0.2, 0.25) is 0 Å². The van der Waals surface area contributed by atoms with Gasteiger partial charge in [-0.1, -0.05) is 30.3 Å². The number of nitrogens with one attached hydrogen (secondary N) is 1. The van der Waals surface area contributed by atoms with Crippen molar-refractivity contribution in [1.29, 1.82) is 0 Å². The molecular formula is C16H23N3. The maximum absolute atomic E-state index is 4.31. The van der Waals surface area contributed by atoms with Gasteiger partial charge in [0.05, 0.1) is 6.20 Å². The lowest BCUT2D eigenvalue weighted by atomic mass is 10.0. The molecule has 102 valence electrons. The average molecular weight is 257 g/mol. The van der Waals surface area contributed by atoms with Gasteiger partial charge in [0.1, 0.15) is 0 Å². The lowest BCUT2D eigenvalue weighted by Gasteiger charge is -2.16. The third-order valence-electron chi connectivity index (χ3n) is 3.52. The molecule has 19 heavy (non-hydrogen) atoms. The summed E-state index contributed by atoms with van der Waals surface area (Å²) in [5.41, 5.74) is 2.71. The van der Waals surface area contributed by atoms with Crippen molar-refractivity contribution in [3.05, 3.63) is 53.9 Å². The zero-order chi connectivity index (χ0) is 13.5. The van der Waals surface area contributed by atoms with E-state index in [-0.39, 0.29) is 0 Å². The van der Waals surface area contributed by atoms with Gasteiger partial charge in [-0.3, -0.25) is 4.68 Å². The second-order valence-electron chi connectivity index (χ2n) is 4.85. The van der Waals surface area contributed by atoms with Gasteiger partial charge < -0.3 is 5.32 Å². The van der Waals surface area contributed by atoms with E-state index >= 15 is 0 Å². The van der Waals surface area contributed by atoms with Crippen LogP contribution in [0.3, 0.4) is 0 Å². The van der Waals surface area contributed by atoms with Gasteiger partial charge in [0, 0.05) is 18.8 Å². The predicted octanol–water partition coefficient (Wildman–Crippen LogP) is 3.19. The fourth-order valence-corrected chi connectivity index (χ4v) is 2.38. The Bertz CT molecular complexity index is 476. The van der Waals surface area contributed by atoms with Crippen LogP contribution in [0.4, 0.5) is 0 Å². The predicted molar refractivity (Wildman–Crippen MR) is 79.1 cm³/mol. The van der Waals surface area contributed by atoms with Gasteiger partial charge in [0.25, 0.3) is 0 Å². The minimum atomic E-state index is 0.447. The molecule has 3 nitrogen and oxygen atoms in total. The first-order chi connectivity index (χ1) is 9.33. The molecule has 0 radical (unpaired) electrons. The highest BCUT2D eigenvalue weighted by molar-refractivity contribution is 5.18. The van der Waals surface area contributed by atoms with Gasteiger partial charge in [-0.05, 0) is 44.4 Å². The molecule has 0 saturated heterocycles. The Hall–Kier alpha value is -1.61. The zero-order valence-electron chi connectivity index (χ0n) is 11.8. The number of nitrogens with zero attached hydrogens (tertiary/aromatic N) is 2. The first-order valence-corrected chi connectivity index (χ1v) is 7.07. The van der Waals surface area contributed by atoms with Crippen molar-refractivity contribution in [2.75, 3.05) is 7.05 Å². The number of aryl methyl sites for hydroxylation is 2. The molecule has 1 atom stereocenters. The van der Waals surface area contributed by atoms with Gasteiger partial charge in [0.15, 0.2) is 0 Å². The van der Waals surface area contributed by atoms with Gasteiger partial charge >= 0.3 is 0 Å². The monoisotopic (exact) mass is 257 g/mol. The van der Waals surface area contributed by atoms with Crippen LogP contribution in [0.2, 0.25) is 0 Å². The molecule has 2 aromatic rings. The van der Waals surface area contributed by atoms with E-state index in [1.54, 1.807) is 0 Å². The first kappa shape index (κ1) is 13.8. The van der Waals surface area contributed by atoms with E-state index < -0.39 is 0 Å². The zero-order valence-corrected chi connectivity index (χ0v) is 11.8. The topological polar surface area (TPSA) is 29.9 Å². The molecule has 1 aromatic carbocycles. The molecule has 0 bridgehead atoms. The summed E-state index contributed by atoms with van der Waals surface area (Å²) >= 11 is 0. The van der Waals surface area contributed by atoms with Crippen LogP contribution in [0, 0.1) is 0 Å². The summed E-state index contributed by atoms with van der Waals surface area (Å²) in [6, 6.07) is 11.1. The van der Waals surface area contributed by atoms with E-state index in [0.29, 0.717) is 6.04 Å². The maximum atomic E-state index is 4.31. The van der Waals surface area contributed by atoms with Crippen LogP contribution in [0.25, 0.3) is 0 Å². The van der Waals surface area contributed by atoms with Crippen molar-refractivity contribution in [3.63, 3.8) is 0 Å². The average Bonchev–Trinajstić information content (AvgIpc) is 2.92. The minimum absolute atomic E-state index is 0.447. The molecule has 0 spiro atoms. The maximum Gasteiger partial charge on any atom is 0.0521 e. The Morgan fingerprint density at radius 2 is 2.05 bits per heavy atom. The number of rotatable bonds is 7. The Labute approximate surface area is 115 Å².